The van der Waals surface area contributed by atoms with Gasteiger partial charge in [-0.05, 0) is 42.4 Å². The molecule has 2 aromatic rings. The van der Waals surface area contributed by atoms with Gasteiger partial charge in [-0.2, -0.15) is 0 Å². The van der Waals surface area contributed by atoms with Gasteiger partial charge in [0.1, 0.15) is 17.4 Å². The third kappa shape index (κ3) is 2.27. The lowest BCUT2D eigenvalue weighted by Gasteiger charge is -2.18. The molecule has 1 N–H and O–H groups in total. The second-order valence-corrected chi connectivity index (χ2v) is 4.85. The zero-order chi connectivity index (χ0) is 14.1. The maximum Gasteiger partial charge on any atom is 0.128 e. The van der Waals surface area contributed by atoms with E-state index in [-0.39, 0.29) is 6.04 Å². The molecule has 1 aliphatic rings. The second kappa shape index (κ2) is 5.21. The number of fused-ring (bicyclic) bond motifs is 1. The van der Waals surface area contributed by atoms with Crippen molar-refractivity contribution in [2.45, 2.75) is 12.5 Å². The second-order valence-electron chi connectivity index (χ2n) is 4.85. The minimum absolute atomic E-state index is 0.311. The Morgan fingerprint density at radius 1 is 1.15 bits per heavy atom. The summed E-state index contributed by atoms with van der Waals surface area (Å²) in [5.41, 5.74) is 2.33. The monoisotopic (exact) mass is 275 g/mol. The number of rotatable bonds is 3. The van der Waals surface area contributed by atoms with Crippen molar-refractivity contribution in [3.05, 3.63) is 64.7 Å². The predicted molar refractivity (Wildman–Crippen MR) is 72.9 cm³/mol. The highest BCUT2D eigenvalue weighted by molar-refractivity contribution is 5.43. The molecule has 0 saturated heterocycles. The summed E-state index contributed by atoms with van der Waals surface area (Å²) in [5.74, 6) is 0.0250. The van der Waals surface area contributed by atoms with Crippen LogP contribution in [0.25, 0.3) is 0 Å². The van der Waals surface area contributed by atoms with Crippen LogP contribution >= 0.6 is 0 Å². The largest absolute Gasteiger partial charge is 0.493 e. The number of benzene rings is 2. The van der Waals surface area contributed by atoms with E-state index < -0.39 is 11.6 Å². The van der Waals surface area contributed by atoms with Crippen LogP contribution in [0.2, 0.25) is 0 Å². The molecule has 1 unspecified atom stereocenters. The number of hydrogen-bond donors (Lipinski definition) is 1. The third-order valence-corrected chi connectivity index (χ3v) is 3.60. The van der Waals surface area contributed by atoms with E-state index in [9.17, 15) is 8.78 Å². The average Bonchev–Trinajstić information content (AvgIpc) is 2.91. The number of ether oxygens (including phenoxy) is 1. The lowest BCUT2D eigenvalue weighted by Crippen LogP contribution is -2.19. The minimum atomic E-state index is -0.439. The summed E-state index contributed by atoms with van der Waals surface area (Å²) in [4.78, 5) is 0. The van der Waals surface area contributed by atoms with Gasteiger partial charge < -0.3 is 10.1 Å². The topological polar surface area (TPSA) is 21.3 Å². The molecule has 20 heavy (non-hydrogen) atoms. The van der Waals surface area contributed by atoms with Crippen molar-refractivity contribution in [2.24, 2.45) is 0 Å². The van der Waals surface area contributed by atoms with Gasteiger partial charge in [0.2, 0.25) is 0 Å². The third-order valence-electron chi connectivity index (χ3n) is 3.60. The van der Waals surface area contributed by atoms with Crippen LogP contribution in [0, 0.1) is 11.6 Å². The molecule has 0 fully saturated rings. The van der Waals surface area contributed by atoms with Crippen LogP contribution in [0.15, 0.2) is 36.4 Å². The Morgan fingerprint density at radius 2 is 2.00 bits per heavy atom. The van der Waals surface area contributed by atoms with Gasteiger partial charge in [0.25, 0.3) is 0 Å². The summed E-state index contributed by atoms with van der Waals surface area (Å²) < 4.78 is 32.8. The molecule has 1 atom stereocenters. The van der Waals surface area contributed by atoms with Crippen molar-refractivity contribution in [2.75, 3.05) is 13.7 Å². The molecule has 1 heterocycles. The van der Waals surface area contributed by atoms with Crippen LogP contribution in [0.1, 0.15) is 22.7 Å². The van der Waals surface area contributed by atoms with Crippen LogP contribution in [0.3, 0.4) is 0 Å². The van der Waals surface area contributed by atoms with Crippen LogP contribution in [0.5, 0.6) is 5.75 Å². The molecule has 0 bridgehead atoms. The highest BCUT2D eigenvalue weighted by atomic mass is 19.1. The molecule has 2 nitrogen and oxygen atoms in total. The van der Waals surface area contributed by atoms with E-state index in [0.29, 0.717) is 12.2 Å². The molecule has 0 radical (unpaired) electrons. The first kappa shape index (κ1) is 13.1. The van der Waals surface area contributed by atoms with E-state index in [0.717, 1.165) is 35.4 Å². The van der Waals surface area contributed by atoms with Gasteiger partial charge >= 0.3 is 0 Å². The fourth-order valence-electron chi connectivity index (χ4n) is 2.62. The van der Waals surface area contributed by atoms with E-state index in [1.807, 2.05) is 18.2 Å². The van der Waals surface area contributed by atoms with Gasteiger partial charge in [0, 0.05) is 12.0 Å². The van der Waals surface area contributed by atoms with E-state index in [2.05, 4.69) is 5.32 Å². The van der Waals surface area contributed by atoms with Gasteiger partial charge in [0.05, 0.1) is 12.6 Å². The number of hydrogen-bond acceptors (Lipinski definition) is 2. The molecule has 4 heteroatoms. The zero-order valence-electron chi connectivity index (χ0n) is 11.1. The van der Waals surface area contributed by atoms with E-state index in [1.165, 1.54) is 6.07 Å². The molecule has 0 aromatic heterocycles. The fourth-order valence-corrected chi connectivity index (χ4v) is 2.62. The van der Waals surface area contributed by atoms with E-state index >= 15 is 0 Å². The summed E-state index contributed by atoms with van der Waals surface area (Å²) >= 11 is 0. The van der Waals surface area contributed by atoms with E-state index in [1.54, 1.807) is 7.05 Å². The van der Waals surface area contributed by atoms with Crippen molar-refractivity contribution >= 4 is 0 Å². The maximum atomic E-state index is 13.9. The lowest BCUT2D eigenvalue weighted by molar-refractivity contribution is 0.357. The quantitative estimate of drug-likeness (QED) is 0.928. The van der Waals surface area contributed by atoms with Gasteiger partial charge in [-0.1, -0.05) is 12.1 Å². The van der Waals surface area contributed by atoms with Gasteiger partial charge in [-0.3, -0.25) is 0 Å². The summed E-state index contributed by atoms with van der Waals surface area (Å²) in [7, 11) is 1.73. The van der Waals surface area contributed by atoms with Crippen LogP contribution in [0.4, 0.5) is 8.78 Å². The molecule has 0 aliphatic carbocycles. The predicted octanol–water partition coefficient (Wildman–Crippen LogP) is 3.21. The SMILES string of the molecule is CNC(c1ccc2c(c1)CCO2)c1cc(F)ccc1F. The zero-order valence-corrected chi connectivity index (χ0v) is 11.1. The first-order valence-electron chi connectivity index (χ1n) is 6.57. The van der Waals surface area contributed by atoms with Crippen molar-refractivity contribution in [1.82, 2.24) is 5.32 Å². The Balaban J connectivity index is 2.03. The highest BCUT2D eigenvalue weighted by Crippen LogP contribution is 2.31. The minimum Gasteiger partial charge on any atom is -0.493 e. The number of halogens is 2. The van der Waals surface area contributed by atoms with Crippen molar-refractivity contribution in [3.63, 3.8) is 0 Å². The molecule has 2 aromatic carbocycles. The summed E-state index contributed by atoms with van der Waals surface area (Å²) in [6.07, 6.45) is 0.852. The Morgan fingerprint density at radius 3 is 2.80 bits per heavy atom. The first-order chi connectivity index (χ1) is 9.69. The first-order valence-corrected chi connectivity index (χ1v) is 6.57. The van der Waals surface area contributed by atoms with Crippen LogP contribution < -0.4 is 10.1 Å². The fraction of sp³-hybridized carbons (Fsp3) is 0.250. The maximum absolute atomic E-state index is 13.9. The summed E-state index contributed by atoms with van der Waals surface area (Å²) in [6, 6.07) is 8.91. The molecule has 3 rings (SSSR count). The van der Waals surface area contributed by atoms with Crippen LogP contribution in [-0.4, -0.2) is 13.7 Å². The van der Waals surface area contributed by atoms with Gasteiger partial charge in [0.15, 0.2) is 0 Å². The average molecular weight is 275 g/mol. The lowest BCUT2D eigenvalue weighted by atomic mass is 9.96. The number of nitrogens with one attached hydrogen (secondary N) is 1. The summed E-state index contributed by atoms with van der Waals surface area (Å²) in [6.45, 7) is 0.678. The van der Waals surface area contributed by atoms with Crippen LogP contribution in [-0.2, 0) is 6.42 Å². The van der Waals surface area contributed by atoms with Crippen molar-refractivity contribution in [1.29, 1.82) is 0 Å². The molecule has 1 aliphatic heterocycles. The Labute approximate surface area is 116 Å². The standard InChI is InChI=1S/C16H15F2NO/c1-19-16(13-9-12(17)3-4-14(13)18)11-2-5-15-10(8-11)6-7-20-15/h2-5,8-9,16,19H,6-7H2,1H3. The van der Waals surface area contributed by atoms with Crippen molar-refractivity contribution in [3.8, 4) is 5.75 Å². The molecule has 0 amide bonds. The Kier molecular flexibility index (Phi) is 3.40. The summed E-state index contributed by atoms with van der Waals surface area (Å²) in [5, 5.41) is 3.05. The smallest absolute Gasteiger partial charge is 0.128 e. The van der Waals surface area contributed by atoms with Crippen molar-refractivity contribution < 1.29 is 13.5 Å². The van der Waals surface area contributed by atoms with Gasteiger partial charge in [-0.25, -0.2) is 8.78 Å². The molecular weight excluding hydrogens is 260 g/mol. The Bertz CT molecular complexity index is 642. The molecular formula is C16H15F2NO. The molecule has 104 valence electrons. The molecule has 0 spiro atoms. The Hall–Kier alpha value is -1.94. The highest BCUT2D eigenvalue weighted by Gasteiger charge is 2.20. The van der Waals surface area contributed by atoms with E-state index in [4.69, 9.17) is 4.74 Å². The normalized spacial score (nSPS) is 14.8. The molecule has 0 saturated carbocycles. The van der Waals surface area contributed by atoms with Gasteiger partial charge in [-0.15, -0.1) is 0 Å².